The maximum atomic E-state index is 9.14. The molecule has 0 radical (unpaired) electrons. The topological polar surface area (TPSA) is 67.1 Å². The summed E-state index contributed by atoms with van der Waals surface area (Å²) >= 11 is 0. The van der Waals surface area contributed by atoms with Crippen molar-refractivity contribution in [3.63, 3.8) is 0 Å². The lowest BCUT2D eigenvalue weighted by atomic mass is 9.91. The molecular weight excluding hydrogens is 230 g/mol. The van der Waals surface area contributed by atoms with Gasteiger partial charge in [-0.1, -0.05) is 19.8 Å². The lowest BCUT2D eigenvalue weighted by molar-refractivity contribution is 0.0904. The van der Waals surface area contributed by atoms with E-state index in [0.717, 1.165) is 31.8 Å². The first-order valence-corrected chi connectivity index (χ1v) is 6.95. The monoisotopic (exact) mass is 253 g/mol. The number of aromatic nitrogens is 4. The van der Waals surface area contributed by atoms with E-state index in [2.05, 4.69) is 27.3 Å². The molecule has 1 aromatic rings. The van der Waals surface area contributed by atoms with Gasteiger partial charge in [-0.15, -0.1) is 5.10 Å². The van der Waals surface area contributed by atoms with Gasteiger partial charge < -0.3 is 5.11 Å². The number of hydrogen-bond acceptors (Lipinski definition) is 5. The van der Waals surface area contributed by atoms with Crippen LogP contribution in [-0.2, 0) is 13.1 Å². The van der Waals surface area contributed by atoms with Crippen LogP contribution in [-0.4, -0.2) is 49.4 Å². The number of rotatable bonds is 8. The fraction of sp³-hybridized carbons (Fsp3) is 0.917. The van der Waals surface area contributed by atoms with Gasteiger partial charge in [-0.2, -0.15) is 0 Å². The Morgan fingerprint density at radius 1 is 1.44 bits per heavy atom. The van der Waals surface area contributed by atoms with Crippen LogP contribution < -0.4 is 0 Å². The third kappa shape index (κ3) is 3.26. The van der Waals surface area contributed by atoms with Crippen molar-refractivity contribution in [3.8, 4) is 0 Å². The highest BCUT2D eigenvalue weighted by molar-refractivity contribution is 4.87. The van der Waals surface area contributed by atoms with Crippen molar-refractivity contribution >= 4 is 0 Å². The van der Waals surface area contributed by atoms with Gasteiger partial charge >= 0.3 is 0 Å². The molecule has 0 amide bonds. The van der Waals surface area contributed by atoms with Gasteiger partial charge in [0, 0.05) is 19.1 Å². The van der Waals surface area contributed by atoms with Crippen LogP contribution in [0.25, 0.3) is 0 Å². The van der Waals surface area contributed by atoms with Crippen LogP contribution in [0.1, 0.15) is 44.9 Å². The maximum absolute atomic E-state index is 9.14. The van der Waals surface area contributed by atoms with E-state index in [1.165, 1.54) is 19.3 Å². The van der Waals surface area contributed by atoms with E-state index < -0.39 is 0 Å². The van der Waals surface area contributed by atoms with E-state index in [0.29, 0.717) is 12.6 Å². The number of hydrogen-bond donors (Lipinski definition) is 1. The van der Waals surface area contributed by atoms with Crippen molar-refractivity contribution < 1.29 is 5.11 Å². The van der Waals surface area contributed by atoms with Crippen LogP contribution in [0.2, 0.25) is 0 Å². The van der Waals surface area contributed by atoms with Gasteiger partial charge in [-0.3, -0.25) is 4.90 Å². The van der Waals surface area contributed by atoms with E-state index in [4.69, 9.17) is 5.11 Å². The molecule has 0 spiro atoms. The summed E-state index contributed by atoms with van der Waals surface area (Å²) in [7, 11) is 0. The Kier molecular flexibility index (Phi) is 5.07. The molecule has 1 heterocycles. The second-order valence-electron chi connectivity index (χ2n) is 4.95. The zero-order valence-electron chi connectivity index (χ0n) is 11.1. The van der Waals surface area contributed by atoms with Crippen LogP contribution in [0.3, 0.4) is 0 Å². The summed E-state index contributed by atoms with van der Waals surface area (Å²) in [6.45, 7) is 4.72. The molecule has 0 saturated heterocycles. The Morgan fingerprint density at radius 2 is 2.28 bits per heavy atom. The normalized spacial score (nSPS) is 16.2. The number of aliphatic hydroxyl groups is 1. The van der Waals surface area contributed by atoms with Gasteiger partial charge in [0.15, 0.2) is 5.82 Å². The highest BCUT2D eigenvalue weighted by Crippen LogP contribution is 2.25. The molecule has 1 N–H and O–H groups in total. The zero-order chi connectivity index (χ0) is 12.8. The molecule has 1 fully saturated rings. The maximum Gasteiger partial charge on any atom is 0.165 e. The van der Waals surface area contributed by atoms with Crippen molar-refractivity contribution in [1.29, 1.82) is 0 Å². The summed E-state index contributed by atoms with van der Waals surface area (Å²) in [5.74, 6) is 0.920. The predicted octanol–water partition coefficient (Wildman–Crippen LogP) is 0.820. The van der Waals surface area contributed by atoms with Crippen molar-refractivity contribution in [3.05, 3.63) is 5.82 Å². The standard InChI is InChI=1S/C12H23N5O/c1-2-3-7-17-12(13-14-15-17)10-16(8-9-18)11-5-4-6-11/h11,18H,2-10H2,1H3. The molecule has 1 aromatic heterocycles. The van der Waals surface area contributed by atoms with Crippen LogP contribution in [0.4, 0.5) is 0 Å². The highest BCUT2D eigenvalue weighted by atomic mass is 16.3. The molecule has 6 heteroatoms. The molecule has 1 aliphatic rings. The largest absolute Gasteiger partial charge is 0.395 e. The lowest BCUT2D eigenvalue weighted by Crippen LogP contribution is -2.41. The third-order valence-electron chi connectivity index (χ3n) is 3.65. The van der Waals surface area contributed by atoms with E-state index in [-0.39, 0.29) is 6.61 Å². The van der Waals surface area contributed by atoms with Crippen molar-refractivity contribution in [1.82, 2.24) is 25.1 Å². The van der Waals surface area contributed by atoms with E-state index in [1.54, 1.807) is 0 Å². The van der Waals surface area contributed by atoms with Gasteiger partial charge in [-0.25, -0.2) is 4.68 Å². The summed E-state index contributed by atoms with van der Waals surface area (Å²) in [6, 6.07) is 0.605. The Morgan fingerprint density at radius 3 is 2.89 bits per heavy atom. The lowest BCUT2D eigenvalue weighted by Gasteiger charge is -2.36. The van der Waals surface area contributed by atoms with Gasteiger partial charge in [0.05, 0.1) is 13.2 Å². The van der Waals surface area contributed by atoms with E-state index >= 15 is 0 Å². The van der Waals surface area contributed by atoms with Crippen molar-refractivity contribution in [2.45, 2.75) is 58.2 Å². The average molecular weight is 253 g/mol. The molecule has 1 aliphatic carbocycles. The Balaban J connectivity index is 1.94. The third-order valence-corrected chi connectivity index (χ3v) is 3.65. The quantitative estimate of drug-likeness (QED) is 0.743. The minimum absolute atomic E-state index is 0.201. The summed E-state index contributed by atoms with van der Waals surface area (Å²) in [5.41, 5.74) is 0. The van der Waals surface area contributed by atoms with Crippen LogP contribution >= 0.6 is 0 Å². The molecule has 6 nitrogen and oxygen atoms in total. The molecule has 0 aromatic carbocycles. The van der Waals surface area contributed by atoms with Crippen molar-refractivity contribution in [2.24, 2.45) is 0 Å². The molecule has 0 aliphatic heterocycles. The zero-order valence-corrected chi connectivity index (χ0v) is 11.1. The minimum Gasteiger partial charge on any atom is -0.395 e. The number of tetrazole rings is 1. The van der Waals surface area contributed by atoms with E-state index in [9.17, 15) is 0 Å². The molecule has 0 atom stereocenters. The van der Waals surface area contributed by atoms with Gasteiger partial charge in [0.25, 0.3) is 0 Å². The number of aliphatic hydroxyl groups excluding tert-OH is 1. The van der Waals surface area contributed by atoms with Gasteiger partial charge in [0.2, 0.25) is 0 Å². The average Bonchev–Trinajstić information content (AvgIpc) is 2.72. The summed E-state index contributed by atoms with van der Waals surface area (Å²) in [5, 5.41) is 21.1. The highest BCUT2D eigenvalue weighted by Gasteiger charge is 2.25. The number of nitrogens with zero attached hydrogens (tertiary/aromatic N) is 5. The smallest absolute Gasteiger partial charge is 0.165 e. The Bertz CT molecular complexity index is 350. The molecule has 18 heavy (non-hydrogen) atoms. The fourth-order valence-corrected chi connectivity index (χ4v) is 2.27. The van der Waals surface area contributed by atoms with Crippen LogP contribution in [0.5, 0.6) is 0 Å². The van der Waals surface area contributed by atoms with Crippen molar-refractivity contribution in [2.75, 3.05) is 13.2 Å². The van der Waals surface area contributed by atoms with Crippen LogP contribution in [0, 0.1) is 0 Å². The summed E-state index contributed by atoms with van der Waals surface area (Å²) < 4.78 is 1.90. The first kappa shape index (κ1) is 13.4. The molecular formula is C12H23N5O. The predicted molar refractivity (Wildman–Crippen MR) is 67.9 cm³/mol. The molecule has 2 rings (SSSR count). The minimum atomic E-state index is 0.201. The Hall–Kier alpha value is -1.01. The van der Waals surface area contributed by atoms with Crippen LogP contribution in [0.15, 0.2) is 0 Å². The molecule has 1 saturated carbocycles. The molecule has 0 bridgehead atoms. The second-order valence-corrected chi connectivity index (χ2v) is 4.95. The molecule has 102 valence electrons. The summed E-state index contributed by atoms with van der Waals surface area (Å²) in [4.78, 5) is 2.30. The molecule has 0 unspecified atom stereocenters. The van der Waals surface area contributed by atoms with Gasteiger partial charge in [-0.05, 0) is 29.7 Å². The van der Waals surface area contributed by atoms with Gasteiger partial charge in [0.1, 0.15) is 0 Å². The SMILES string of the molecule is CCCCn1nnnc1CN(CCO)C1CCC1. The number of unbranched alkanes of at least 4 members (excludes halogenated alkanes) is 1. The fourth-order valence-electron chi connectivity index (χ4n) is 2.27. The Labute approximate surface area is 108 Å². The first-order valence-electron chi connectivity index (χ1n) is 6.95. The van der Waals surface area contributed by atoms with E-state index in [1.807, 2.05) is 4.68 Å². The summed E-state index contributed by atoms with van der Waals surface area (Å²) in [6.07, 6.45) is 6.00. The first-order chi connectivity index (χ1) is 8.85. The number of aryl methyl sites for hydroxylation is 1. The second kappa shape index (κ2) is 6.80.